The molecule has 0 bridgehead atoms. The van der Waals surface area contributed by atoms with E-state index >= 15 is 0 Å². The van der Waals surface area contributed by atoms with Gasteiger partial charge in [-0.15, -0.1) is 0 Å². The highest BCUT2D eigenvalue weighted by atomic mass is 35.5. The van der Waals surface area contributed by atoms with Gasteiger partial charge in [0.1, 0.15) is 12.2 Å². The fourth-order valence-corrected chi connectivity index (χ4v) is 5.75. The second-order valence-electron chi connectivity index (χ2n) is 10.4. The molecule has 1 aliphatic heterocycles. The molecular weight excluding hydrogens is 559 g/mol. The third-order valence-electron chi connectivity index (χ3n) is 7.11. The Labute approximate surface area is 243 Å². The van der Waals surface area contributed by atoms with E-state index in [2.05, 4.69) is 5.32 Å². The average molecular weight is 594 g/mol. The number of fused-ring (bicyclic) bond motifs is 3. The fraction of sp³-hybridized carbons (Fsp3) is 0.448. The summed E-state index contributed by atoms with van der Waals surface area (Å²) in [6.45, 7) is 3.40. The molecule has 4 rings (SSSR count). The van der Waals surface area contributed by atoms with Gasteiger partial charge in [-0.2, -0.15) is 0 Å². The van der Waals surface area contributed by atoms with E-state index in [0.29, 0.717) is 38.2 Å². The van der Waals surface area contributed by atoms with Crippen LogP contribution in [-0.2, 0) is 22.7 Å². The molecule has 0 fully saturated rings. The molecule has 0 spiro atoms. The minimum absolute atomic E-state index is 0.0187. The third-order valence-corrected chi connectivity index (χ3v) is 7.70. The molecule has 2 aromatic rings. The smallest absolute Gasteiger partial charge is 0.247 e. The van der Waals surface area contributed by atoms with Crippen LogP contribution in [0.1, 0.15) is 42.9 Å². The summed E-state index contributed by atoms with van der Waals surface area (Å²) in [5.74, 6) is -0.654. The number of hydrogen-bond donors (Lipinski definition) is 4. The first kappa shape index (κ1) is 30.1. The van der Waals surface area contributed by atoms with Crippen molar-refractivity contribution in [2.24, 2.45) is 5.92 Å². The van der Waals surface area contributed by atoms with Gasteiger partial charge in [0.15, 0.2) is 11.5 Å². The molecule has 11 heteroatoms. The highest BCUT2D eigenvalue weighted by Gasteiger charge is 2.51. The Morgan fingerprint density at radius 2 is 1.93 bits per heavy atom. The average Bonchev–Trinajstić information content (AvgIpc) is 3.31. The summed E-state index contributed by atoms with van der Waals surface area (Å²) < 4.78 is 11.8. The number of carbonyl (C=O) groups excluding carboxylic acids is 2. The normalized spacial score (nSPS) is 21.3. The first-order chi connectivity index (χ1) is 19.1. The molecule has 2 aliphatic rings. The molecule has 2 amide bonds. The summed E-state index contributed by atoms with van der Waals surface area (Å²) in [4.78, 5) is 28.6. The Bertz CT molecular complexity index is 1300. The monoisotopic (exact) mass is 592 g/mol. The summed E-state index contributed by atoms with van der Waals surface area (Å²) >= 11 is 12.5. The lowest BCUT2D eigenvalue weighted by Crippen LogP contribution is -2.55. The quantitative estimate of drug-likeness (QED) is 0.333. The van der Waals surface area contributed by atoms with Gasteiger partial charge in [-0.05, 0) is 47.4 Å². The molecule has 9 nitrogen and oxygen atoms in total. The fourth-order valence-electron chi connectivity index (χ4n) is 5.28. The van der Waals surface area contributed by atoms with Gasteiger partial charge in [-0.1, -0.05) is 43.1 Å². The van der Waals surface area contributed by atoms with Crippen molar-refractivity contribution in [3.63, 3.8) is 0 Å². The van der Waals surface area contributed by atoms with E-state index in [0.717, 1.165) is 0 Å². The lowest BCUT2D eigenvalue weighted by molar-refractivity contribution is -0.138. The van der Waals surface area contributed by atoms with E-state index in [9.17, 15) is 24.9 Å². The van der Waals surface area contributed by atoms with Crippen molar-refractivity contribution in [3.8, 4) is 11.5 Å². The molecule has 40 heavy (non-hydrogen) atoms. The highest BCUT2D eigenvalue weighted by molar-refractivity contribution is 6.35. The second kappa shape index (κ2) is 12.8. The van der Waals surface area contributed by atoms with Crippen LogP contribution in [0.2, 0.25) is 10.0 Å². The topological polar surface area (TPSA) is 129 Å². The number of carbonyl (C=O) groups is 2. The molecule has 1 heterocycles. The Morgan fingerprint density at radius 3 is 2.55 bits per heavy atom. The van der Waals surface area contributed by atoms with E-state index in [1.54, 1.807) is 36.4 Å². The van der Waals surface area contributed by atoms with E-state index < -0.39 is 30.1 Å². The molecule has 0 saturated heterocycles. The Kier molecular flexibility index (Phi) is 9.64. The first-order valence-electron chi connectivity index (χ1n) is 13.1. The minimum Gasteiger partial charge on any atom is -0.493 e. The SMILES string of the molecule is COc1cc(CO)cc2c1O[C@@H]1[C@@H](O)[C@H](N(Cc3ccc(Cl)cc3Cl)C(=O)CC(C)C)C=C(C(=O)NCCO)[C@H]21. The first-order valence-corrected chi connectivity index (χ1v) is 13.9. The predicted molar refractivity (Wildman–Crippen MR) is 151 cm³/mol. The van der Waals surface area contributed by atoms with Gasteiger partial charge in [0, 0.05) is 40.7 Å². The molecule has 2 aromatic carbocycles. The molecule has 4 atom stereocenters. The van der Waals surface area contributed by atoms with Crippen molar-refractivity contribution in [1.82, 2.24) is 10.2 Å². The van der Waals surface area contributed by atoms with Crippen LogP contribution in [0.3, 0.4) is 0 Å². The Morgan fingerprint density at radius 1 is 1.18 bits per heavy atom. The predicted octanol–water partition coefficient (Wildman–Crippen LogP) is 3.19. The lowest BCUT2D eigenvalue weighted by Gasteiger charge is -2.41. The Balaban J connectivity index is 1.83. The molecule has 1 aliphatic carbocycles. The van der Waals surface area contributed by atoms with E-state index in [-0.39, 0.29) is 50.1 Å². The maximum atomic E-state index is 13.6. The van der Waals surface area contributed by atoms with Gasteiger partial charge >= 0.3 is 0 Å². The number of methoxy groups -OCH3 is 1. The van der Waals surface area contributed by atoms with Crippen LogP contribution in [0.4, 0.5) is 0 Å². The van der Waals surface area contributed by atoms with Crippen LogP contribution in [0.5, 0.6) is 11.5 Å². The summed E-state index contributed by atoms with van der Waals surface area (Å²) in [5.41, 5.74) is 2.03. The summed E-state index contributed by atoms with van der Waals surface area (Å²) in [6.07, 6.45) is -0.358. The molecule has 0 unspecified atom stereocenters. The summed E-state index contributed by atoms with van der Waals surface area (Å²) in [6, 6.07) is 7.40. The second-order valence-corrected chi connectivity index (χ2v) is 11.2. The molecule has 0 aromatic heterocycles. The van der Waals surface area contributed by atoms with Crippen LogP contribution in [0.25, 0.3) is 0 Å². The summed E-state index contributed by atoms with van der Waals surface area (Å²) in [7, 11) is 1.47. The van der Waals surface area contributed by atoms with Crippen molar-refractivity contribution in [2.45, 2.75) is 57.6 Å². The molecular formula is C29H34Cl2N2O7. The Hall–Kier alpha value is -2.82. The van der Waals surface area contributed by atoms with Crippen molar-refractivity contribution < 1.29 is 34.4 Å². The number of hydrogen-bond acceptors (Lipinski definition) is 7. The van der Waals surface area contributed by atoms with Gasteiger partial charge < -0.3 is 35.0 Å². The largest absolute Gasteiger partial charge is 0.493 e. The molecule has 216 valence electrons. The maximum absolute atomic E-state index is 13.6. The van der Waals surface area contributed by atoms with Crippen molar-refractivity contribution in [1.29, 1.82) is 0 Å². The van der Waals surface area contributed by atoms with Gasteiger partial charge in [-0.3, -0.25) is 9.59 Å². The summed E-state index contributed by atoms with van der Waals surface area (Å²) in [5, 5.41) is 34.4. The number of halogens is 2. The minimum atomic E-state index is -1.23. The zero-order chi connectivity index (χ0) is 29.1. The van der Waals surface area contributed by atoms with Crippen LogP contribution < -0.4 is 14.8 Å². The number of nitrogens with one attached hydrogen (secondary N) is 1. The van der Waals surface area contributed by atoms with Crippen molar-refractivity contribution >= 4 is 35.0 Å². The number of ether oxygens (including phenoxy) is 2. The van der Waals surface area contributed by atoms with Crippen molar-refractivity contribution in [2.75, 3.05) is 20.3 Å². The zero-order valence-electron chi connectivity index (χ0n) is 22.6. The highest BCUT2D eigenvalue weighted by Crippen LogP contribution is 2.51. The number of aliphatic hydroxyl groups is 3. The molecule has 0 radical (unpaired) electrons. The maximum Gasteiger partial charge on any atom is 0.247 e. The van der Waals surface area contributed by atoms with Gasteiger partial charge in [-0.25, -0.2) is 0 Å². The number of aliphatic hydroxyl groups excluding tert-OH is 3. The lowest BCUT2D eigenvalue weighted by atomic mass is 9.77. The van der Waals surface area contributed by atoms with Crippen LogP contribution in [-0.4, -0.2) is 70.5 Å². The van der Waals surface area contributed by atoms with E-state index in [1.807, 2.05) is 13.8 Å². The van der Waals surface area contributed by atoms with E-state index in [4.69, 9.17) is 32.7 Å². The number of rotatable bonds is 10. The number of amides is 2. The van der Waals surface area contributed by atoms with Gasteiger partial charge in [0.2, 0.25) is 11.8 Å². The van der Waals surface area contributed by atoms with Gasteiger partial charge in [0.25, 0.3) is 0 Å². The van der Waals surface area contributed by atoms with E-state index in [1.165, 1.54) is 12.0 Å². The van der Waals surface area contributed by atoms with Crippen LogP contribution >= 0.6 is 23.2 Å². The number of nitrogens with zero attached hydrogens (tertiary/aromatic N) is 1. The third kappa shape index (κ3) is 6.09. The van der Waals surface area contributed by atoms with Gasteiger partial charge in [0.05, 0.1) is 32.3 Å². The van der Waals surface area contributed by atoms with Crippen LogP contribution in [0, 0.1) is 5.92 Å². The van der Waals surface area contributed by atoms with Crippen LogP contribution in [0.15, 0.2) is 42.0 Å². The standard InChI is InChI=1S/C29H34Cl2N2O7/c1-15(2)8-24(36)33(13-17-4-5-18(30)11-21(17)31)22-12-20(29(38)32-6-7-34)25-19-9-16(14-35)10-23(39-3)27(19)40-28(25)26(22)37/h4-5,9-12,15,22,25-26,28,34-35,37H,6-8,13-14H2,1-3H3,(H,32,38)/t22-,25+,26+,28+/m1/s1. The van der Waals surface area contributed by atoms with Crippen molar-refractivity contribution in [3.05, 3.63) is 68.7 Å². The molecule has 4 N–H and O–H groups in total. The zero-order valence-corrected chi connectivity index (χ0v) is 24.1. The molecule has 0 saturated carbocycles. The number of benzene rings is 2.